The van der Waals surface area contributed by atoms with Gasteiger partial charge in [-0.3, -0.25) is 0 Å². The smallest absolute Gasteiger partial charge is 0.117 e. The third-order valence-electron chi connectivity index (χ3n) is 1.04. The number of ether oxygens (including phenoxy) is 1. The largest absolute Gasteiger partial charge is 0.385 e. The molecule has 0 rings (SSSR count). The van der Waals surface area contributed by atoms with Crippen LogP contribution in [0.15, 0.2) is 0 Å². The van der Waals surface area contributed by atoms with Crippen molar-refractivity contribution in [2.45, 2.75) is 18.6 Å². The van der Waals surface area contributed by atoms with E-state index in [0.29, 0.717) is 6.61 Å². The van der Waals surface area contributed by atoms with Gasteiger partial charge in [-0.2, -0.15) is 0 Å². The van der Waals surface area contributed by atoms with Gasteiger partial charge in [-0.25, -0.2) is 4.21 Å². The van der Waals surface area contributed by atoms with Gasteiger partial charge in [-0.15, -0.1) is 0 Å². The summed E-state index contributed by atoms with van der Waals surface area (Å²) in [5.74, 6) is 0. The van der Waals surface area contributed by atoms with Crippen molar-refractivity contribution in [2.75, 3.05) is 13.7 Å². The number of halogens is 1. The SMILES string of the molecule is COCCC(C)S(=O)Cl. The minimum Gasteiger partial charge on any atom is -0.385 e. The predicted molar refractivity (Wildman–Crippen MR) is 40.0 cm³/mol. The fourth-order valence-electron chi connectivity index (χ4n) is 0.376. The summed E-state index contributed by atoms with van der Waals surface area (Å²) in [6, 6.07) is 0. The van der Waals surface area contributed by atoms with E-state index in [4.69, 9.17) is 15.4 Å². The summed E-state index contributed by atoms with van der Waals surface area (Å²) in [5.41, 5.74) is 0. The van der Waals surface area contributed by atoms with E-state index < -0.39 is 10.0 Å². The van der Waals surface area contributed by atoms with Gasteiger partial charge < -0.3 is 4.74 Å². The van der Waals surface area contributed by atoms with E-state index in [-0.39, 0.29) is 5.25 Å². The van der Waals surface area contributed by atoms with Gasteiger partial charge in [0.25, 0.3) is 0 Å². The summed E-state index contributed by atoms with van der Waals surface area (Å²) in [6.07, 6.45) is 0.757. The normalized spacial score (nSPS) is 17.2. The van der Waals surface area contributed by atoms with Crippen LogP contribution in [0.4, 0.5) is 0 Å². The maximum absolute atomic E-state index is 10.5. The molecule has 0 N–H and O–H groups in total. The van der Waals surface area contributed by atoms with Crippen molar-refractivity contribution < 1.29 is 8.95 Å². The Morgan fingerprint density at radius 1 is 1.78 bits per heavy atom. The first-order valence-corrected chi connectivity index (χ1v) is 4.78. The van der Waals surface area contributed by atoms with Gasteiger partial charge >= 0.3 is 0 Å². The zero-order valence-electron chi connectivity index (χ0n) is 5.59. The topological polar surface area (TPSA) is 26.3 Å². The zero-order chi connectivity index (χ0) is 7.28. The molecule has 4 heteroatoms. The van der Waals surface area contributed by atoms with Crippen LogP contribution in [0.25, 0.3) is 0 Å². The van der Waals surface area contributed by atoms with Crippen molar-refractivity contribution in [3.8, 4) is 0 Å². The summed E-state index contributed by atoms with van der Waals surface area (Å²) in [5, 5.41) is 0.0339. The molecule has 0 saturated carbocycles. The molecule has 0 fully saturated rings. The molecule has 0 spiro atoms. The molecule has 2 nitrogen and oxygen atoms in total. The molecular weight excluding hydrogens is 160 g/mol. The molecule has 0 radical (unpaired) electrons. The van der Waals surface area contributed by atoms with E-state index in [1.54, 1.807) is 7.11 Å². The van der Waals surface area contributed by atoms with Gasteiger partial charge in [0.05, 0.1) is 0 Å². The molecule has 2 atom stereocenters. The average Bonchev–Trinajstić information content (AvgIpc) is 1.82. The highest BCUT2D eigenvalue weighted by atomic mass is 35.7. The molecule has 0 aromatic heterocycles. The molecule has 0 saturated heterocycles. The van der Waals surface area contributed by atoms with Crippen molar-refractivity contribution in [1.82, 2.24) is 0 Å². The molecule has 2 unspecified atom stereocenters. The molecule has 0 aliphatic heterocycles. The molecule has 0 aliphatic rings. The minimum absolute atomic E-state index is 0.0339. The summed E-state index contributed by atoms with van der Waals surface area (Å²) < 4.78 is 15.2. The third kappa shape index (κ3) is 4.88. The lowest BCUT2D eigenvalue weighted by atomic mass is 10.3. The molecular formula is C5H11ClO2S. The fraction of sp³-hybridized carbons (Fsp3) is 1.00. The number of methoxy groups -OCH3 is 1. The maximum atomic E-state index is 10.5. The van der Waals surface area contributed by atoms with Crippen LogP contribution in [0.5, 0.6) is 0 Å². The second-order valence-corrected chi connectivity index (χ2v) is 4.05. The minimum atomic E-state index is -1.22. The average molecular weight is 171 g/mol. The molecule has 0 bridgehead atoms. The van der Waals surface area contributed by atoms with Crippen LogP contribution < -0.4 is 0 Å². The Kier molecular flexibility index (Phi) is 5.44. The zero-order valence-corrected chi connectivity index (χ0v) is 7.17. The van der Waals surface area contributed by atoms with Crippen LogP contribution >= 0.6 is 10.7 Å². The second kappa shape index (κ2) is 5.21. The standard InChI is InChI=1S/C5H11ClO2S/c1-5(9(6)7)3-4-8-2/h5H,3-4H2,1-2H3. The lowest BCUT2D eigenvalue weighted by molar-refractivity contribution is 0.195. The van der Waals surface area contributed by atoms with Crippen molar-refractivity contribution in [1.29, 1.82) is 0 Å². The third-order valence-corrected chi connectivity index (χ3v) is 2.83. The van der Waals surface area contributed by atoms with E-state index in [0.717, 1.165) is 6.42 Å². The number of rotatable bonds is 4. The monoisotopic (exact) mass is 170 g/mol. The van der Waals surface area contributed by atoms with E-state index in [1.807, 2.05) is 6.92 Å². The molecule has 0 aromatic carbocycles. The molecule has 0 aromatic rings. The molecule has 9 heavy (non-hydrogen) atoms. The van der Waals surface area contributed by atoms with Gasteiger partial charge in [-0.1, -0.05) is 0 Å². The van der Waals surface area contributed by atoms with Gasteiger partial charge in [0.1, 0.15) is 10.0 Å². The van der Waals surface area contributed by atoms with E-state index in [1.165, 1.54) is 0 Å². The second-order valence-electron chi connectivity index (χ2n) is 1.84. The molecule has 0 aliphatic carbocycles. The highest BCUT2D eigenvalue weighted by Gasteiger charge is 2.06. The quantitative estimate of drug-likeness (QED) is 0.595. The van der Waals surface area contributed by atoms with Crippen LogP contribution in [0.3, 0.4) is 0 Å². The van der Waals surface area contributed by atoms with Crippen molar-refractivity contribution in [3.05, 3.63) is 0 Å². The van der Waals surface area contributed by atoms with Crippen LogP contribution in [0.1, 0.15) is 13.3 Å². The van der Waals surface area contributed by atoms with E-state index in [9.17, 15) is 4.21 Å². The fourth-order valence-corrected chi connectivity index (χ4v) is 0.925. The summed E-state index contributed by atoms with van der Waals surface area (Å²) in [4.78, 5) is 0. The lowest BCUT2D eigenvalue weighted by Crippen LogP contribution is -2.08. The molecule has 0 amide bonds. The number of hydrogen-bond acceptors (Lipinski definition) is 2. The first-order valence-electron chi connectivity index (χ1n) is 2.74. The van der Waals surface area contributed by atoms with Gasteiger partial charge in [-0.05, 0) is 24.0 Å². The lowest BCUT2D eigenvalue weighted by Gasteiger charge is -2.03. The van der Waals surface area contributed by atoms with Gasteiger partial charge in [0.15, 0.2) is 0 Å². The Bertz CT molecular complexity index is 97.0. The highest BCUT2D eigenvalue weighted by molar-refractivity contribution is 8.08. The molecule has 56 valence electrons. The van der Waals surface area contributed by atoms with Crippen LogP contribution in [-0.4, -0.2) is 23.2 Å². The van der Waals surface area contributed by atoms with Crippen LogP contribution in [0.2, 0.25) is 0 Å². The maximum Gasteiger partial charge on any atom is 0.117 e. The summed E-state index contributed by atoms with van der Waals surface area (Å²) in [6.45, 7) is 2.46. The van der Waals surface area contributed by atoms with Gasteiger partial charge in [0, 0.05) is 19.0 Å². The first kappa shape index (κ1) is 9.40. The van der Waals surface area contributed by atoms with Crippen LogP contribution in [-0.2, 0) is 14.7 Å². The summed E-state index contributed by atoms with van der Waals surface area (Å²) >= 11 is 0. The Balaban J connectivity index is 3.27. The first-order chi connectivity index (χ1) is 4.18. The van der Waals surface area contributed by atoms with E-state index in [2.05, 4.69) is 0 Å². The van der Waals surface area contributed by atoms with Crippen LogP contribution in [0, 0.1) is 0 Å². The number of hydrogen-bond donors (Lipinski definition) is 0. The Morgan fingerprint density at radius 2 is 2.33 bits per heavy atom. The summed E-state index contributed by atoms with van der Waals surface area (Å²) in [7, 11) is 5.68. The Morgan fingerprint density at radius 3 is 2.67 bits per heavy atom. The van der Waals surface area contributed by atoms with Gasteiger partial charge in [0.2, 0.25) is 0 Å². The highest BCUT2D eigenvalue weighted by Crippen LogP contribution is 2.04. The molecule has 0 heterocycles. The van der Waals surface area contributed by atoms with E-state index >= 15 is 0 Å². The van der Waals surface area contributed by atoms with Crippen molar-refractivity contribution in [2.24, 2.45) is 0 Å². The van der Waals surface area contributed by atoms with Crippen molar-refractivity contribution >= 4 is 20.7 Å². The predicted octanol–water partition coefficient (Wildman–Crippen LogP) is 1.31. The Hall–Kier alpha value is 0.400. The Labute approximate surface area is 62.5 Å². The van der Waals surface area contributed by atoms with Crippen molar-refractivity contribution in [3.63, 3.8) is 0 Å².